The maximum Gasteiger partial charge on any atom is 0.122 e. The van der Waals surface area contributed by atoms with Gasteiger partial charge in [-0.15, -0.1) is 0 Å². The molecule has 1 N–H and O–H groups in total. The Kier molecular flexibility index (Phi) is 3.99. The Labute approximate surface area is 121 Å². The molecule has 3 nitrogen and oxygen atoms in total. The van der Waals surface area contributed by atoms with Crippen molar-refractivity contribution in [2.45, 2.75) is 44.1 Å². The van der Waals surface area contributed by atoms with Crippen molar-refractivity contribution in [2.75, 3.05) is 26.7 Å². The van der Waals surface area contributed by atoms with E-state index in [4.69, 9.17) is 4.74 Å². The molecule has 0 saturated carbocycles. The van der Waals surface area contributed by atoms with Crippen LogP contribution < -0.4 is 4.74 Å². The van der Waals surface area contributed by atoms with Crippen LogP contribution in [0.25, 0.3) is 0 Å². The molecule has 20 heavy (non-hydrogen) atoms. The number of likely N-dealkylation sites (tertiary alicyclic amines) is 1. The van der Waals surface area contributed by atoms with Gasteiger partial charge in [-0.1, -0.05) is 12.1 Å². The number of aryl methyl sites for hydroxylation is 1. The Morgan fingerprint density at radius 1 is 1.30 bits per heavy atom. The van der Waals surface area contributed by atoms with Gasteiger partial charge in [0.2, 0.25) is 0 Å². The minimum atomic E-state index is -0.472. The molecule has 2 aliphatic heterocycles. The van der Waals surface area contributed by atoms with Crippen molar-refractivity contribution in [1.82, 2.24) is 4.90 Å². The molecule has 0 radical (unpaired) electrons. The molecule has 1 aromatic carbocycles. The highest BCUT2D eigenvalue weighted by molar-refractivity contribution is 5.39. The van der Waals surface area contributed by atoms with Crippen molar-refractivity contribution >= 4 is 0 Å². The normalized spacial score (nSPS) is 26.9. The third kappa shape index (κ3) is 3.15. The van der Waals surface area contributed by atoms with Crippen LogP contribution in [0.5, 0.6) is 5.75 Å². The molecular formula is C17H25NO2. The summed E-state index contributed by atoms with van der Waals surface area (Å²) in [4.78, 5) is 2.32. The predicted octanol–water partition coefficient (Wildman–Crippen LogP) is 2.40. The van der Waals surface area contributed by atoms with Gasteiger partial charge in [0.05, 0.1) is 12.2 Å². The van der Waals surface area contributed by atoms with E-state index in [2.05, 4.69) is 30.1 Å². The maximum absolute atomic E-state index is 10.8. The summed E-state index contributed by atoms with van der Waals surface area (Å²) >= 11 is 0. The van der Waals surface area contributed by atoms with Crippen molar-refractivity contribution in [3.8, 4) is 5.75 Å². The lowest BCUT2D eigenvalue weighted by molar-refractivity contribution is 0.0178. The monoisotopic (exact) mass is 275 g/mol. The van der Waals surface area contributed by atoms with Crippen LogP contribution in [-0.4, -0.2) is 42.4 Å². The van der Waals surface area contributed by atoms with Gasteiger partial charge in [-0.2, -0.15) is 0 Å². The molecule has 0 aliphatic carbocycles. The van der Waals surface area contributed by atoms with E-state index in [1.54, 1.807) is 0 Å². The lowest BCUT2D eigenvalue weighted by atomic mass is 9.88. The van der Waals surface area contributed by atoms with Crippen LogP contribution in [0.3, 0.4) is 0 Å². The highest BCUT2D eigenvalue weighted by Gasteiger charge is 2.28. The molecule has 1 atom stereocenters. The molecule has 0 spiro atoms. The van der Waals surface area contributed by atoms with E-state index in [-0.39, 0.29) is 0 Å². The Hall–Kier alpha value is -1.06. The number of hydrogen-bond donors (Lipinski definition) is 1. The molecule has 2 heterocycles. The summed E-state index contributed by atoms with van der Waals surface area (Å²) < 4.78 is 5.54. The molecule has 1 saturated heterocycles. The number of ether oxygens (including phenoxy) is 1. The van der Waals surface area contributed by atoms with Gasteiger partial charge in [0.25, 0.3) is 0 Å². The van der Waals surface area contributed by atoms with Gasteiger partial charge in [-0.3, -0.25) is 0 Å². The van der Waals surface area contributed by atoms with Crippen molar-refractivity contribution in [2.24, 2.45) is 0 Å². The van der Waals surface area contributed by atoms with Crippen molar-refractivity contribution < 1.29 is 9.84 Å². The average Bonchev–Trinajstić information content (AvgIpc) is 2.84. The van der Waals surface area contributed by atoms with E-state index in [1.807, 2.05) is 0 Å². The fourth-order valence-electron chi connectivity index (χ4n) is 3.34. The second kappa shape index (κ2) is 5.74. The molecule has 1 unspecified atom stereocenters. The lowest BCUT2D eigenvalue weighted by Crippen LogP contribution is -2.30. The first-order valence-electron chi connectivity index (χ1n) is 7.80. The number of hydrogen-bond acceptors (Lipinski definition) is 3. The average molecular weight is 275 g/mol. The standard InChI is InChI=1S/C17H25NO2/c1-18-10-2-7-17(19,9-11-18)8-5-14-3-4-16-15(13-14)6-12-20-16/h3-4,13,19H,2,5-12H2,1H3. The highest BCUT2D eigenvalue weighted by Crippen LogP contribution is 2.30. The summed E-state index contributed by atoms with van der Waals surface area (Å²) in [6.07, 6.45) is 5.81. The molecule has 0 aromatic heterocycles. The predicted molar refractivity (Wildman–Crippen MR) is 80.3 cm³/mol. The van der Waals surface area contributed by atoms with Gasteiger partial charge < -0.3 is 14.7 Å². The third-order valence-corrected chi connectivity index (χ3v) is 4.77. The largest absolute Gasteiger partial charge is 0.493 e. The lowest BCUT2D eigenvalue weighted by Gasteiger charge is -2.26. The number of fused-ring (bicyclic) bond motifs is 1. The Bertz CT molecular complexity index is 474. The minimum absolute atomic E-state index is 0.472. The van der Waals surface area contributed by atoms with Gasteiger partial charge in [0.1, 0.15) is 5.75 Å². The topological polar surface area (TPSA) is 32.7 Å². The number of aliphatic hydroxyl groups is 1. The first-order chi connectivity index (χ1) is 9.65. The smallest absolute Gasteiger partial charge is 0.122 e. The number of nitrogens with zero attached hydrogens (tertiary/aromatic N) is 1. The molecule has 110 valence electrons. The zero-order chi connectivity index (χ0) is 14.0. The van der Waals surface area contributed by atoms with Crippen LogP contribution in [0.2, 0.25) is 0 Å². The number of rotatable bonds is 3. The van der Waals surface area contributed by atoms with Crippen LogP contribution in [0.4, 0.5) is 0 Å². The van der Waals surface area contributed by atoms with Crippen LogP contribution in [0, 0.1) is 0 Å². The summed E-state index contributed by atoms with van der Waals surface area (Å²) in [5.74, 6) is 1.04. The fourth-order valence-corrected chi connectivity index (χ4v) is 3.34. The summed E-state index contributed by atoms with van der Waals surface area (Å²) in [6, 6.07) is 6.49. The minimum Gasteiger partial charge on any atom is -0.493 e. The second-order valence-electron chi connectivity index (χ2n) is 6.42. The molecule has 0 amide bonds. The first-order valence-corrected chi connectivity index (χ1v) is 7.80. The van der Waals surface area contributed by atoms with Gasteiger partial charge in [0.15, 0.2) is 0 Å². The summed E-state index contributed by atoms with van der Waals surface area (Å²) in [6.45, 7) is 2.93. The fraction of sp³-hybridized carbons (Fsp3) is 0.647. The van der Waals surface area contributed by atoms with E-state index in [9.17, 15) is 5.11 Å². The van der Waals surface area contributed by atoms with E-state index >= 15 is 0 Å². The molecule has 1 aromatic rings. The second-order valence-corrected chi connectivity index (χ2v) is 6.42. The van der Waals surface area contributed by atoms with Crippen LogP contribution in [0.15, 0.2) is 18.2 Å². The number of benzene rings is 1. The van der Waals surface area contributed by atoms with Crippen molar-refractivity contribution in [3.63, 3.8) is 0 Å². The van der Waals surface area contributed by atoms with Crippen molar-refractivity contribution in [3.05, 3.63) is 29.3 Å². The Balaban J connectivity index is 1.61. The van der Waals surface area contributed by atoms with E-state index < -0.39 is 5.60 Å². The van der Waals surface area contributed by atoms with Gasteiger partial charge in [-0.25, -0.2) is 0 Å². The molecule has 3 heteroatoms. The summed E-state index contributed by atoms with van der Waals surface area (Å²) in [7, 11) is 2.15. The zero-order valence-electron chi connectivity index (χ0n) is 12.4. The maximum atomic E-state index is 10.8. The van der Waals surface area contributed by atoms with Gasteiger partial charge in [-0.05, 0) is 62.9 Å². The molecule has 0 bridgehead atoms. The SMILES string of the molecule is CN1CCCC(O)(CCc2ccc3c(c2)CCO3)CC1. The van der Waals surface area contributed by atoms with E-state index in [1.165, 1.54) is 11.1 Å². The summed E-state index contributed by atoms with van der Waals surface area (Å²) in [5, 5.41) is 10.8. The van der Waals surface area contributed by atoms with Crippen molar-refractivity contribution in [1.29, 1.82) is 0 Å². The third-order valence-electron chi connectivity index (χ3n) is 4.77. The Morgan fingerprint density at radius 3 is 3.10 bits per heavy atom. The Morgan fingerprint density at radius 2 is 2.20 bits per heavy atom. The van der Waals surface area contributed by atoms with Crippen LogP contribution >= 0.6 is 0 Å². The van der Waals surface area contributed by atoms with E-state index in [0.29, 0.717) is 0 Å². The van der Waals surface area contributed by atoms with Gasteiger partial charge >= 0.3 is 0 Å². The zero-order valence-corrected chi connectivity index (χ0v) is 12.4. The molecule has 2 aliphatic rings. The van der Waals surface area contributed by atoms with Gasteiger partial charge in [0, 0.05) is 13.0 Å². The highest BCUT2D eigenvalue weighted by atomic mass is 16.5. The van der Waals surface area contributed by atoms with Crippen LogP contribution in [-0.2, 0) is 12.8 Å². The van der Waals surface area contributed by atoms with Crippen LogP contribution in [0.1, 0.15) is 36.8 Å². The molecular weight excluding hydrogens is 250 g/mol. The van der Waals surface area contributed by atoms with E-state index in [0.717, 1.165) is 64.0 Å². The first kappa shape index (κ1) is 13.9. The molecule has 3 rings (SSSR count). The summed E-state index contributed by atoms with van der Waals surface area (Å²) in [5.41, 5.74) is 2.19. The quantitative estimate of drug-likeness (QED) is 0.919. The molecule has 1 fully saturated rings.